The molecule has 5 aromatic rings. The van der Waals surface area contributed by atoms with Crippen LogP contribution < -0.4 is 13.4 Å². The van der Waals surface area contributed by atoms with E-state index in [9.17, 15) is 4.39 Å². The van der Waals surface area contributed by atoms with Crippen molar-refractivity contribution < 1.29 is 13.3 Å². The number of fused-ring (bicyclic) bond motifs is 3. The number of benzene rings is 4. The van der Waals surface area contributed by atoms with E-state index in [-0.39, 0.29) is 11.6 Å². The van der Waals surface area contributed by atoms with E-state index < -0.39 is 13.3 Å². The summed E-state index contributed by atoms with van der Waals surface area (Å²) in [4.78, 5) is 0. The summed E-state index contributed by atoms with van der Waals surface area (Å²) in [7, 11) is 1.95. The van der Waals surface area contributed by atoms with Gasteiger partial charge in [0.1, 0.15) is 0 Å². The quantitative estimate of drug-likeness (QED) is 0.170. The minimum atomic E-state index is -3.08. The molecule has 37 heavy (non-hydrogen) atoms. The van der Waals surface area contributed by atoms with Gasteiger partial charge in [-0.15, -0.1) is 0 Å². The van der Waals surface area contributed by atoms with Gasteiger partial charge in [0, 0.05) is 0 Å². The fourth-order valence-corrected chi connectivity index (χ4v) is 14.2. The molecule has 0 saturated carbocycles. The molecule has 0 atom stereocenters. The van der Waals surface area contributed by atoms with Crippen LogP contribution in [0.25, 0.3) is 44.6 Å². The van der Waals surface area contributed by atoms with Crippen LogP contribution in [0.5, 0.6) is 0 Å². The van der Waals surface area contributed by atoms with Gasteiger partial charge in [0.2, 0.25) is 0 Å². The molecule has 0 radical (unpaired) electrons. The third-order valence-electron chi connectivity index (χ3n) is 7.73. The van der Waals surface area contributed by atoms with Gasteiger partial charge < -0.3 is 0 Å². The third kappa shape index (κ3) is 3.76. The normalized spacial score (nSPS) is 13.4. The molecule has 0 aliphatic carbocycles. The molecule has 0 N–H and O–H groups in total. The summed E-state index contributed by atoms with van der Waals surface area (Å²) in [6.45, 7) is 2.09. The Morgan fingerprint density at radius 2 is 1.30 bits per heavy atom. The Labute approximate surface area is 219 Å². The van der Waals surface area contributed by atoms with Crippen LogP contribution in [0.15, 0.2) is 97.2 Å². The van der Waals surface area contributed by atoms with Crippen LogP contribution >= 0.6 is 0 Å². The molecule has 0 fully saturated rings. The molecule has 4 aromatic carbocycles. The molecule has 4 heteroatoms. The second kappa shape index (κ2) is 8.77. The van der Waals surface area contributed by atoms with Gasteiger partial charge in [-0.3, -0.25) is 0 Å². The van der Waals surface area contributed by atoms with E-state index >= 15 is 4.39 Å². The number of aryl methyl sites for hydroxylation is 2. The topological polar surface area (TPSA) is 3.88 Å². The number of hydrogen-bond donors (Lipinski definition) is 0. The summed E-state index contributed by atoms with van der Waals surface area (Å²) in [5.41, 5.74) is 9.11. The average molecular weight is 549 g/mol. The second-order valence-corrected chi connectivity index (χ2v) is 19.4. The van der Waals surface area contributed by atoms with E-state index in [0.29, 0.717) is 5.56 Å². The van der Waals surface area contributed by atoms with Gasteiger partial charge in [-0.2, -0.15) is 0 Å². The third-order valence-corrected chi connectivity index (χ3v) is 15.2. The van der Waals surface area contributed by atoms with Crippen LogP contribution in [0.4, 0.5) is 8.78 Å². The summed E-state index contributed by atoms with van der Waals surface area (Å²) in [5, 5.41) is 0. The van der Waals surface area contributed by atoms with E-state index in [1.165, 1.54) is 10.5 Å². The first kappa shape index (κ1) is 23.8. The molecule has 1 aliphatic rings. The van der Waals surface area contributed by atoms with Crippen molar-refractivity contribution in [1.82, 2.24) is 0 Å². The Balaban J connectivity index is 1.62. The van der Waals surface area contributed by atoms with Crippen molar-refractivity contribution in [3.63, 3.8) is 0 Å². The van der Waals surface area contributed by atoms with E-state index in [2.05, 4.69) is 54.8 Å². The van der Waals surface area contributed by atoms with Crippen molar-refractivity contribution in [2.24, 2.45) is 7.05 Å². The average Bonchev–Trinajstić information content (AvgIpc) is 3.13. The number of rotatable bonds is 3. The van der Waals surface area contributed by atoms with Crippen molar-refractivity contribution in [2.45, 2.75) is 18.4 Å². The van der Waals surface area contributed by atoms with Crippen LogP contribution in [0.3, 0.4) is 0 Å². The number of pyridine rings is 1. The maximum absolute atomic E-state index is 15.8. The zero-order chi connectivity index (χ0) is 25.9. The fraction of sp³-hybridized carbons (Fsp3) is 0.121. The summed E-state index contributed by atoms with van der Waals surface area (Å²) < 4.78 is 34.7. The monoisotopic (exact) mass is 550 g/mol. The molecular weight excluding hydrogens is 521 g/mol. The summed E-state index contributed by atoms with van der Waals surface area (Å²) in [6.07, 6.45) is 1.77. The van der Waals surface area contributed by atoms with Crippen LogP contribution in [0, 0.1) is 18.6 Å². The van der Waals surface area contributed by atoms with Crippen LogP contribution in [-0.2, 0) is 7.05 Å². The molecule has 0 spiro atoms. The molecule has 182 valence electrons. The van der Waals surface area contributed by atoms with Crippen molar-refractivity contribution >= 4 is 22.1 Å². The van der Waals surface area contributed by atoms with Crippen molar-refractivity contribution in [1.29, 1.82) is 0 Å². The van der Waals surface area contributed by atoms with E-state index in [1.807, 2.05) is 48.0 Å². The van der Waals surface area contributed by atoms with Gasteiger partial charge in [0.25, 0.3) is 0 Å². The van der Waals surface area contributed by atoms with Gasteiger partial charge in [-0.1, -0.05) is 0 Å². The van der Waals surface area contributed by atoms with Crippen molar-refractivity contribution in [3.05, 3.63) is 114 Å². The fourth-order valence-electron chi connectivity index (χ4n) is 6.05. The molecule has 1 aliphatic heterocycles. The van der Waals surface area contributed by atoms with Crippen LogP contribution in [-0.4, -0.2) is 13.3 Å². The van der Waals surface area contributed by atoms with Crippen LogP contribution in [0.1, 0.15) is 5.56 Å². The van der Waals surface area contributed by atoms with Gasteiger partial charge >= 0.3 is 220 Å². The maximum atomic E-state index is 15.8. The van der Waals surface area contributed by atoms with Gasteiger partial charge in [-0.05, 0) is 0 Å². The Morgan fingerprint density at radius 1 is 0.649 bits per heavy atom. The first-order valence-corrected chi connectivity index (χ1v) is 18.9. The zero-order valence-corrected chi connectivity index (χ0v) is 23.5. The van der Waals surface area contributed by atoms with Gasteiger partial charge in [0.15, 0.2) is 0 Å². The summed E-state index contributed by atoms with van der Waals surface area (Å²) in [5.74, 6) is 4.24. The van der Waals surface area contributed by atoms with Crippen molar-refractivity contribution in [3.8, 4) is 44.6 Å². The molecule has 6 rings (SSSR count). The minimum absolute atomic E-state index is 0.190. The second-order valence-electron chi connectivity index (χ2n) is 10.4. The molecule has 0 unspecified atom stereocenters. The predicted octanol–water partition coefficient (Wildman–Crippen LogP) is 6.90. The first-order chi connectivity index (χ1) is 17.8. The standard InChI is InChI=1S/C33H28F2GeN/c1-21-13-14-26-27-15-16-28(35)31(24-12-8-11-23(19-24)22-9-6-5-7-10-22)33(27)36(2,3)32(26)30(21)29-20-25(34)17-18-37(29)4/h5-20H,1-4H3/q+1. The Bertz CT molecular complexity index is 1690. The van der Waals surface area contributed by atoms with E-state index in [4.69, 9.17) is 0 Å². The SMILES string of the molecule is Cc1ccc2[c](c1-c1cc(F)cc[n+]1C)[Ge]([CH3])([CH3])[c]1c-2ccc(F)c1-c1cccc(-c2ccccc2)c1. The van der Waals surface area contributed by atoms with E-state index in [0.717, 1.165) is 49.0 Å². The van der Waals surface area contributed by atoms with Crippen LogP contribution in [0.2, 0.25) is 11.5 Å². The molecular formula is C33H28F2GeN+. The Kier molecular flexibility index (Phi) is 5.65. The number of nitrogens with zero attached hydrogens (tertiary/aromatic N) is 1. The zero-order valence-electron chi connectivity index (χ0n) is 21.4. The Hall–Kier alpha value is -3.57. The molecule has 0 amide bonds. The predicted molar refractivity (Wildman–Crippen MR) is 151 cm³/mol. The summed E-state index contributed by atoms with van der Waals surface area (Å²) >= 11 is -3.08. The number of hydrogen-bond acceptors (Lipinski definition) is 0. The molecule has 1 nitrogen and oxygen atoms in total. The van der Waals surface area contributed by atoms with Gasteiger partial charge in [0.05, 0.1) is 0 Å². The number of aromatic nitrogens is 1. The number of halogens is 2. The molecule has 0 bridgehead atoms. The molecule has 1 aromatic heterocycles. The Morgan fingerprint density at radius 3 is 2.05 bits per heavy atom. The van der Waals surface area contributed by atoms with Crippen molar-refractivity contribution in [2.75, 3.05) is 0 Å². The van der Waals surface area contributed by atoms with Gasteiger partial charge in [-0.25, -0.2) is 0 Å². The molecule has 2 heterocycles. The molecule has 0 saturated heterocycles. The van der Waals surface area contributed by atoms with E-state index in [1.54, 1.807) is 18.3 Å². The summed E-state index contributed by atoms with van der Waals surface area (Å²) in [6, 6.07) is 29.4. The first-order valence-electron chi connectivity index (χ1n) is 12.6.